The number of amidine groups is 2. The van der Waals surface area contributed by atoms with Gasteiger partial charge in [0.1, 0.15) is 5.84 Å². The van der Waals surface area contributed by atoms with E-state index >= 15 is 0 Å². The summed E-state index contributed by atoms with van der Waals surface area (Å²) in [4.78, 5) is 8.43. The zero-order valence-electron chi connectivity index (χ0n) is 12.9. The van der Waals surface area contributed by atoms with E-state index in [0.29, 0.717) is 5.84 Å². The minimum absolute atomic E-state index is 0.0379. The first-order valence-electron chi connectivity index (χ1n) is 7.37. The first-order chi connectivity index (χ1) is 12.1. The molecule has 1 unspecified atom stereocenters. The third-order valence-corrected chi connectivity index (χ3v) is 4.69. The van der Waals surface area contributed by atoms with Crippen molar-refractivity contribution in [2.45, 2.75) is 13.8 Å². The summed E-state index contributed by atoms with van der Waals surface area (Å²) < 4.78 is -3.59. The third kappa shape index (κ3) is 4.78. The van der Waals surface area contributed by atoms with Gasteiger partial charge in [-0.05, 0) is 11.1 Å². The van der Waals surface area contributed by atoms with Crippen molar-refractivity contribution < 1.29 is 0 Å². The Labute approximate surface area is 180 Å². The highest BCUT2D eigenvalue weighted by Gasteiger charge is 2.39. The van der Waals surface area contributed by atoms with E-state index in [0.717, 1.165) is 16.7 Å². The molecule has 2 aromatic carbocycles. The van der Waals surface area contributed by atoms with Crippen molar-refractivity contribution in [1.82, 2.24) is 5.32 Å². The van der Waals surface area contributed by atoms with Gasteiger partial charge in [-0.3, -0.25) is 0 Å². The average Bonchev–Trinajstić information content (AvgIpc) is 2.61. The summed E-state index contributed by atoms with van der Waals surface area (Å²) in [7, 11) is 0. The van der Waals surface area contributed by atoms with Gasteiger partial charge in [0.25, 0.3) is 0 Å². The Kier molecular flexibility index (Phi) is 5.98. The number of nitrogens with one attached hydrogen (secondary N) is 1. The molecular weight excluding hydrogens is 459 g/mol. The predicted octanol–water partition coefficient (Wildman–Crippen LogP) is 6.17. The molecule has 0 spiro atoms. The fourth-order valence-electron chi connectivity index (χ4n) is 2.34. The lowest BCUT2D eigenvalue weighted by atomic mass is 10.0. The quantitative estimate of drug-likeness (QED) is 0.525. The number of nitrogens with zero attached hydrogens (tertiary/aromatic N) is 2. The van der Waals surface area contributed by atoms with Crippen molar-refractivity contribution in [3.05, 3.63) is 60.2 Å². The molecule has 0 aliphatic carbocycles. The lowest BCUT2D eigenvalue weighted by Gasteiger charge is -2.28. The second-order valence-corrected chi connectivity index (χ2v) is 10.1. The van der Waals surface area contributed by atoms with Crippen LogP contribution in [0, 0.1) is 0 Å². The molecule has 0 radical (unpaired) electrons. The lowest BCUT2D eigenvalue weighted by Crippen LogP contribution is -2.46. The number of halogens is 6. The van der Waals surface area contributed by atoms with Crippen LogP contribution in [0.3, 0.4) is 0 Å². The highest BCUT2D eigenvalue weighted by atomic mass is 35.6. The van der Waals surface area contributed by atoms with Gasteiger partial charge in [-0.25, -0.2) is 9.98 Å². The van der Waals surface area contributed by atoms with Crippen molar-refractivity contribution in [2.75, 3.05) is 0 Å². The van der Waals surface area contributed by atoms with E-state index in [-0.39, 0.29) is 5.84 Å². The van der Waals surface area contributed by atoms with Gasteiger partial charge in [0, 0.05) is 5.56 Å². The molecule has 0 bridgehead atoms. The predicted molar refractivity (Wildman–Crippen MR) is 113 cm³/mol. The summed E-state index contributed by atoms with van der Waals surface area (Å²) in [6.45, 7) is 0. The van der Waals surface area contributed by atoms with E-state index < -0.39 is 13.8 Å². The minimum atomic E-state index is -1.81. The lowest BCUT2D eigenvalue weighted by molar-refractivity contribution is 0.710. The van der Waals surface area contributed by atoms with Crippen LogP contribution in [-0.4, -0.2) is 25.4 Å². The molecule has 0 saturated heterocycles. The number of benzene rings is 2. The molecule has 1 aliphatic rings. The number of alkyl halides is 6. The maximum Gasteiger partial charge on any atom is 0.247 e. The standard InChI is InChI=1S/C17H11Cl6N3/c18-16(19,20)14-24-13(25-15(26-14)17(21,22)23)12-8-6-11(7-9-12)10-4-2-1-3-5-10/h1-9,14H,(H,24,25,26). The van der Waals surface area contributed by atoms with Gasteiger partial charge in [0.05, 0.1) is 0 Å². The maximum absolute atomic E-state index is 5.95. The largest absolute Gasteiger partial charge is 0.325 e. The molecule has 1 atom stereocenters. The second kappa shape index (κ2) is 7.75. The Morgan fingerprint density at radius 2 is 1.23 bits per heavy atom. The molecule has 3 nitrogen and oxygen atoms in total. The first-order valence-corrected chi connectivity index (χ1v) is 9.64. The van der Waals surface area contributed by atoms with Gasteiger partial charge >= 0.3 is 0 Å². The van der Waals surface area contributed by atoms with E-state index in [4.69, 9.17) is 69.6 Å². The number of rotatable bonds is 2. The van der Waals surface area contributed by atoms with E-state index in [1.807, 2.05) is 54.6 Å². The summed E-state index contributed by atoms with van der Waals surface area (Å²) in [5, 5.41) is 2.90. The smallest absolute Gasteiger partial charge is 0.247 e. The van der Waals surface area contributed by atoms with Gasteiger partial charge < -0.3 is 5.32 Å². The van der Waals surface area contributed by atoms with Gasteiger partial charge in [0.15, 0.2) is 12.0 Å². The highest BCUT2D eigenvalue weighted by Crippen LogP contribution is 2.37. The first kappa shape index (κ1) is 20.1. The molecule has 9 heteroatoms. The van der Waals surface area contributed by atoms with Gasteiger partial charge in [-0.15, -0.1) is 0 Å². The summed E-state index contributed by atoms with van der Waals surface area (Å²) >= 11 is 35.7. The van der Waals surface area contributed by atoms with E-state index in [9.17, 15) is 0 Å². The summed E-state index contributed by atoms with van der Waals surface area (Å²) in [5.41, 5.74) is 2.89. The Morgan fingerprint density at radius 1 is 0.692 bits per heavy atom. The van der Waals surface area contributed by atoms with E-state index in [1.165, 1.54) is 0 Å². The fraction of sp³-hybridized carbons (Fsp3) is 0.176. The molecule has 0 fully saturated rings. The fourth-order valence-corrected chi connectivity index (χ4v) is 2.92. The topological polar surface area (TPSA) is 36.8 Å². The zero-order valence-corrected chi connectivity index (χ0v) is 17.5. The Morgan fingerprint density at radius 3 is 1.77 bits per heavy atom. The molecule has 1 N–H and O–H groups in total. The Bertz CT molecular complexity index is 836. The van der Waals surface area contributed by atoms with Crippen LogP contribution in [0.15, 0.2) is 64.6 Å². The zero-order chi connectivity index (χ0) is 18.9. The molecular formula is C17H11Cl6N3. The maximum atomic E-state index is 5.95. The molecule has 0 saturated carbocycles. The monoisotopic (exact) mass is 467 g/mol. The van der Waals surface area contributed by atoms with Crippen LogP contribution in [-0.2, 0) is 0 Å². The van der Waals surface area contributed by atoms with Crippen LogP contribution in [0.4, 0.5) is 0 Å². The van der Waals surface area contributed by atoms with Crippen molar-refractivity contribution in [3.8, 4) is 11.1 Å². The Hall–Kier alpha value is -0.680. The van der Waals surface area contributed by atoms with Crippen molar-refractivity contribution in [3.63, 3.8) is 0 Å². The van der Waals surface area contributed by atoms with Crippen LogP contribution in [0.25, 0.3) is 11.1 Å². The number of hydrogen-bond donors (Lipinski definition) is 1. The molecule has 1 aliphatic heterocycles. The van der Waals surface area contributed by atoms with Crippen molar-refractivity contribution >= 4 is 81.3 Å². The van der Waals surface area contributed by atoms with Crippen LogP contribution < -0.4 is 5.32 Å². The van der Waals surface area contributed by atoms with Crippen LogP contribution in [0.5, 0.6) is 0 Å². The normalized spacial score (nSPS) is 18.0. The summed E-state index contributed by atoms with van der Waals surface area (Å²) in [5.74, 6) is 0.438. The van der Waals surface area contributed by atoms with Crippen LogP contribution in [0.1, 0.15) is 5.56 Å². The average molecular weight is 470 g/mol. The summed E-state index contributed by atoms with van der Waals surface area (Å²) in [6, 6.07) is 17.6. The SMILES string of the molecule is ClC(Cl)(Cl)C1=NC(C(Cl)(Cl)Cl)N=C(c2ccc(-c3ccccc3)cc2)N1. The minimum Gasteiger partial charge on any atom is -0.325 e. The van der Waals surface area contributed by atoms with E-state index in [2.05, 4.69) is 15.3 Å². The van der Waals surface area contributed by atoms with E-state index in [1.54, 1.807) is 0 Å². The van der Waals surface area contributed by atoms with Crippen molar-refractivity contribution in [1.29, 1.82) is 0 Å². The second-order valence-electron chi connectivity index (χ2n) is 5.44. The number of aliphatic imine (C=N–C) groups is 2. The van der Waals surface area contributed by atoms with Crippen LogP contribution >= 0.6 is 69.6 Å². The number of hydrogen-bond acceptors (Lipinski definition) is 3. The third-order valence-electron chi connectivity index (χ3n) is 3.57. The van der Waals surface area contributed by atoms with Crippen molar-refractivity contribution in [2.24, 2.45) is 9.98 Å². The molecule has 3 rings (SSSR count). The molecule has 0 aromatic heterocycles. The molecule has 0 amide bonds. The Balaban J connectivity index is 1.94. The molecule has 2 aromatic rings. The van der Waals surface area contributed by atoms with Gasteiger partial charge in [0.2, 0.25) is 7.59 Å². The molecule has 136 valence electrons. The van der Waals surface area contributed by atoms with Gasteiger partial charge in [-0.1, -0.05) is 124 Å². The van der Waals surface area contributed by atoms with Gasteiger partial charge in [-0.2, -0.15) is 0 Å². The summed E-state index contributed by atoms with van der Waals surface area (Å²) in [6.07, 6.45) is -1.04. The molecule has 1 heterocycles. The van der Waals surface area contributed by atoms with Crippen LogP contribution in [0.2, 0.25) is 0 Å². The molecule has 26 heavy (non-hydrogen) atoms. The highest BCUT2D eigenvalue weighted by molar-refractivity contribution is 6.77.